The van der Waals surface area contributed by atoms with Crippen molar-refractivity contribution in [2.24, 2.45) is 0 Å². The predicted octanol–water partition coefficient (Wildman–Crippen LogP) is -6.94. The van der Waals surface area contributed by atoms with Crippen LogP contribution in [-0.2, 0) is 75.6 Å². The standard InChI is InChI=1S/H6O18P6.H5O10P3/c1-19(2)13-20(3,4)15-22(7,8)17-24(11,12)18-23(9,10)16-21(5,6)14-19;1-11(2,3)9-13(7,8)10-12(4,5)6/h(H,1,2)(H,3,4)(H,5,6)(H,7,8)(H,9,10)(H,11,12);(H,7,8)(H2,1,2,3)(H2,4,5,6)/p-11. The summed E-state index contributed by atoms with van der Waals surface area (Å²) in [4.78, 5) is 114. The van der Waals surface area contributed by atoms with E-state index in [1.807, 2.05) is 0 Å². The molecular formula is O28P9-11. The van der Waals surface area contributed by atoms with Gasteiger partial charge in [-0.3, -0.25) is 40.6 Å². The number of hydrogen-bond donors (Lipinski definition) is 0. The van der Waals surface area contributed by atoms with Crippen LogP contribution in [-0.4, -0.2) is 0 Å². The zero-order chi connectivity index (χ0) is 30.2. The Morgan fingerprint density at radius 1 is 0.405 bits per heavy atom. The summed E-state index contributed by atoms with van der Waals surface area (Å²) in [7, 11) is -57.2. The van der Waals surface area contributed by atoms with Gasteiger partial charge in [0.1, 0.15) is 0 Å². The summed E-state index contributed by atoms with van der Waals surface area (Å²) in [5, 5.41) is 0. The van der Waals surface area contributed by atoms with Gasteiger partial charge in [0.15, 0.2) is 0 Å². The average Bonchev–Trinajstić information content (AvgIpc) is 2.29. The largest absolute Gasteiger partial charge is 0.790 e. The Bertz CT molecular complexity index is 1030. The first-order valence-corrected chi connectivity index (χ1v) is 19.7. The molecule has 0 N–H and O–H groups in total. The lowest BCUT2D eigenvalue weighted by Gasteiger charge is -2.41. The van der Waals surface area contributed by atoms with Gasteiger partial charge in [0.05, 0.1) is 15.6 Å². The van der Waals surface area contributed by atoms with Gasteiger partial charge < -0.3 is 63.0 Å². The fourth-order valence-electron chi connectivity index (χ4n) is 1.08. The van der Waals surface area contributed by atoms with Crippen molar-refractivity contribution in [2.45, 2.75) is 0 Å². The molecule has 1 aliphatic rings. The molecule has 0 spiro atoms. The van der Waals surface area contributed by atoms with Crippen LogP contribution in [0, 0.1) is 0 Å². The highest BCUT2D eigenvalue weighted by molar-refractivity contribution is 7.73. The summed E-state index contributed by atoms with van der Waals surface area (Å²) in [6.07, 6.45) is 0. The van der Waals surface area contributed by atoms with Crippen LogP contribution in [0.2, 0.25) is 0 Å². The van der Waals surface area contributed by atoms with Crippen molar-refractivity contribution in [3.8, 4) is 0 Å². The normalized spacial score (nSPS) is 40.9. The number of phosphoric acid groups is 9. The van der Waals surface area contributed by atoms with E-state index in [9.17, 15) is 94.9 Å². The van der Waals surface area contributed by atoms with E-state index in [0.717, 1.165) is 0 Å². The van der Waals surface area contributed by atoms with Crippen LogP contribution >= 0.6 is 70.4 Å². The molecule has 0 aromatic heterocycles. The molecular weight excluding hydrogens is 727 g/mol. The third-order valence-corrected chi connectivity index (χ3v) is 14.4. The van der Waals surface area contributed by atoms with E-state index in [-0.39, 0.29) is 0 Å². The van der Waals surface area contributed by atoms with Crippen LogP contribution in [0.5, 0.6) is 0 Å². The van der Waals surface area contributed by atoms with Gasteiger partial charge in [-0.25, -0.2) is 25.9 Å². The third kappa shape index (κ3) is 19.1. The molecule has 1 fully saturated rings. The van der Waals surface area contributed by atoms with Crippen molar-refractivity contribution < 1.29 is 129 Å². The molecule has 0 unspecified atom stereocenters. The van der Waals surface area contributed by atoms with Gasteiger partial charge in [-0.05, 0) is 0 Å². The minimum absolute atomic E-state index is 2.65. The van der Waals surface area contributed by atoms with E-state index >= 15 is 0 Å². The van der Waals surface area contributed by atoms with Crippen molar-refractivity contribution in [1.29, 1.82) is 0 Å². The molecule has 0 aromatic rings. The second kappa shape index (κ2) is 12.3. The summed E-state index contributed by atoms with van der Waals surface area (Å²) < 4.78 is 118. The van der Waals surface area contributed by atoms with Gasteiger partial charge in [0, 0.05) is 0 Å². The maximum atomic E-state index is 11.0. The van der Waals surface area contributed by atoms with Gasteiger partial charge in [-0.2, -0.15) is 0 Å². The maximum absolute atomic E-state index is 11.0. The molecule has 1 aliphatic heterocycles. The van der Waals surface area contributed by atoms with Gasteiger partial charge >= 0.3 is 0 Å². The van der Waals surface area contributed by atoms with Crippen molar-refractivity contribution in [2.75, 3.05) is 0 Å². The Morgan fingerprint density at radius 2 is 0.541 bits per heavy atom. The molecule has 0 amide bonds. The third-order valence-electron chi connectivity index (χ3n) is 1.60. The second-order valence-corrected chi connectivity index (χ2v) is 18.0. The van der Waals surface area contributed by atoms with E-state index in [0.29, 0.717) is 0 Å². The minimum atomic E-state index is -6.56. The van der Waals surface area contributed by atoms with Crippen LogP contribution in [0.25, 0.3) is 0 Å². The molecule has 224 valence electrons. The maximum Gasteiger partial charge on any atom is 0.280 e. The van der Waals surface area contributed by atoms with Crippen LogP contribution < -0.4 is 53.8 Å². The van der Waals surface area contributed by atoms with Gasteiger partial charge in [-0.15, -0.1) is 0 Å². The summed E-state index contributed by atoms with van der Waals surface area (Å²) in [5.41, 5.74) is 0. The second-order valence-electron chi connectivity index (χ2n) is 4.68. The van der Waals surface area contributed by atoms with Gasteiger partial charge in [-0.1, -0.05) is 0 Å². The van der Waals surface area contributed by atoms with Crippen molar-refractivity contribution in [3.63, 3.8) is 0 Å². The molecule has 28 nitrogen and oxygen atoms in total. The topological polar surface area (TPSA) is 481 Å². The van der Waals surface area contributed by atoms with Gasteiger partial charge in [0.2, 0.25) is 0 Å². The van der Waals surface area contributed by atoms with Crippen molar-refractivity contribution in [1.82, 2.24) is 0 Å². The molecule has 37 heavy (non-hydrogen) atoms. The highest BCUT2D eigenvalue weighted by atomic mass is 31.3. The Morgan fingerprint density at radius 3 is 0.649 bits per heavy atom. The lowest BCUT2D eigenvalue weighted by molar-refractivity contribution is -0.346. The SMILES string of the molecule is O=P([O-])([O-])OP(=O)([O-])OP(=O)([O-])[O-].O=P1([O-])OP(=O)([O-])OP(=O)([O-])OP(=O)([O-])OP(=O)([O-])OP(=O)([O-])O1. The first-order valence-electron chi connectivity index (χ1n) is 6.57. The van der Waals surface area contributed by atoms with Crippen LogP contribution in [0.1, 0.15) is 0 Å². The Hall–Kier alpha value is 1.31. The van der Waals surface area contributed by atoms with E-state index in [4.69, 9.17) is 0 Å². The Labute approximate surface area is 200 Å². The van der Waals surface area contributed by atoms with Crippen molar-refractivity contribution >= 4 is 70.4 Å². The van der Waals surface area contributed by atoms with E-state index in [1.54, 1.807) is 0 Å². The zero-order valence-corrected chi connectivity index (χ0v) is 23.5. The van der Waals surface area contributed by atoms with Gasteiger partial charge in [0.25, 0.3) is 54.8 Å². The van der Waals surface area contributed by atoms with Crippen LogP contribution in [0.3, 0.4) is 0 Å². The fraction of sp³-hybridized carbons (Fsp3) is 0. The smallest absolute Gasteiger partial charge is 0.280 e. The molecule has 0 saturated carbocycles. The molecule has 37 heteroatoms. The molecule has 0 atom stereocenters. The summed E-state index contributed by atoms with van der Waals surface area (Å²) in [6.45, 7) is 0. The molecule has 0 radical (unpaired) electrons. The molecule has 1 saturated heterocycles. The first kappa shape index (κ1) is 38.3. The Balaban J connectivity index is 0.000000845. The number of hydrogen-bond acceptors (Lipinski definition) is 28. The number of rotatable bonds is 4. The fourth-order valence-corrected chi connectivity index (χ4v) is 11.6. The monoisotopic (exact) mass is 727 g/mol. The summed E-state index contributed by atoms with van der Waals surface area (Å²) in [6, 6.07) is 0. The minimum Gasteiger partial charge on any atom is -0.790 e. The molecule has 1 heterocycles. The predicted molar refractivity (Wildman–Crippen MR) is 77.1 cm³/mol. The van der Waals surface area contributed by atoms with Crippen LogP contribution in [0.4, 0.5) is 0 Å². The quantitative estimate of drug-likeness (QED) is 0.243. The lowest BCUT2D eigenvalue weighted by atomic mass is 15.6. The van der Waals surface area contributed by atoms with Crippen molar-refractivity contribution in [3.05, 3.63) is 0 Å². The summed E-state index contributed by atoms with van der Waals surface area (Å²) in [5.74, 6) is 0. The van der Waals surface area contributed by atoms with E-state index < -0.39 is 70.4 Å². The molecule has 0 aliphatic carbocycles. The van der Waals surface area contributed by atoms with E-state index in [2.05, 4.69) is 34.5 Å². The molecule has 0 aromatic carbocycles. The van der Waals surface area contributed by atoms with E-state index in [1.165, 1.54) is 0 Å². The van der Waals surface area contributed by atoms with Crippen LogP contribution in [0.15, 0.2) is 0 Å². The zero-order valence-electron chi connectivity index (χ0n) is 15.5. The average molecular weight is 727 g/mol. The first-order chi connectivity index (χ1) is 15.7. The lowest BCUT2D eigenvalue weighted by Crippen LogP contribution is -2.22. The highest BCUT2D eigenvalue weighted by Gasteiger charge is 2.36. The highest BCUT2D eigenvalue weighted by Crippen LogP contribution is 2.74. The summed E-state index contributed by atoms with van der Waals surface area (Å²) >= 11 is 0. The molecule has 0 bridgehead atoms. The Kier molecular flexibility index (Phi) is 12.7. The molecule has 1 rings (SSSR count).